The van der Waals surface area contributed by atoms with E-state index in [1.807, 2.05) is 29.0 Å². The monoisotopic (exact) mass is 471 g/mol. The van der Waals surface area contributed by atoms with Crippen LogP contribution in [0.5, 0.6) is 0 Å². The standard InChI is InChI=1S/C28H31N4OS/c33-34(25-11-12-25)26-6-4-5-23(17-26)27-19-30-32-20-24(18-29-28(27)32)22-9-7-21(8-10-22)13-16-31-14-2-1-3-15-31/h4-10,17-20,25,33H,1-3,11-16H2/q+1. The average Bonchev–Trinajstić information content (AvgIpc) is 3.67. The predicted molar refractivity (Wildman–Crippen MR) is 139 cm³/mol. The lowest BCUT2D eigenvalue weighted by molar-refractivity contribution is 0.231. The van der Waals surface area contributed by atoms with Crippen molar-refractivity contribution in [1.29, 1.82) is 0 Å². The van der Waals surface area contributed by atoms with E-state index < -0.39 is 11.2 Å². The minimum atomic E-state index is -0.664. The summed E-state index contributed by atoms with van der Waals surface area (Å²) in [6, 6.07) is 17.1. The Morgan fingerprint density at radius 1 is 0.912 bits per heavy atom. The van der Waals surface area contributed by atoms with Gasteiger partial charge in [-0.1, -0.05) is 42.8 Å². The molecule has 5 nitrogen and oxygen atoms in total. The van der Waals surface area contributed by atoms with Gasteiger partial charge in [0.25, 0.3) is 0 Å². The molecule has 1 aliphatic heterocycles. The molecule has 2 fully saturated rings. The second-order valence-corrected chi connectivity index (χ2v) is 11.3. The number of hydrogen-bond acceptors (Lipinski definition) is 4. The Labute approximate surface area is 204 Å². The number of nitrogens with zero attached hydrogens (tertiary/aromatic N) is 4. The first-order valence-electron chi connectivity index (χ1n) is 12.4. The van der Waals surface area contributed by atoms with Crippen LogP contribution >= 0.6 is 0 Å². The molecule has 2 aliphatic rings. The molecule has 1 unspecified atom stereocenters. The van der Waals surface area contributed by atoms with E-state index in [-0.39, 0.29) is 0 Å². The Bertz CT molecular complexity index is 1280. The molecule has 4 aromatic rings. The van der Waals surface area contributed by atoms with E-state index in [9.17, 15) is 4.55 Å². The van der Waals surface area contributed by atoms with E-state index in [1.54, 1.807) is 0 Å². The van der Waals surface area contributed by atoms with Crippen molar-refractivity contribution in [1.82, 2.24) is 19.5 Å². The molecule has 174 valence electrons. The van der Waals surface area contributed by atoms with Crippen molar-refractivity contribution in [2.24, 2.45) is 0 Å². The fraction of sp³-hybridized carbons (Fsp3) is 0.357. The van der Waals surface area contributed by atoms with Crippen molar-refractivity contribution >= 4 is 16.8 Å². The van der Waals surface area contributed by atoms with Crippen molar-refractivity contribution in [3.8, 4) is 22.3 Å². The van der Waals surface area contributed by atoms with Crippen molar-refractivity contribution in [2.45, 2.75) is 48.7 Å². The second-order valence-electron chi connectivity index (χ2n) is 9.56. The van der Waals surface area contributed by atoms with Crippen LogP contribution in [0.4, 0.5) is 0 Å². The van der Waals surface area contributed by atoms with Crippen LogP contribution in [-0.2, 0) is 17.6 Å². The van der Waals surface area contributed by atoms with Crippen molar-refractivity contribution in [3.63, 3.8) is 0 Å². The number of hydrogen-bond donors (Lipinski definition) is 1. The summed E-state index contributed by atoms with van der Waals surface area (Å²) in [6.45, 7) is 3.66. The molecule has 1 aliphatic carbocycles. The smallest absolute Gasteiger partial charge is 0.190 e. The molecule has 0 amide bonds. The Morgan fingerprint density at radius 2 is 1.74 bits per heavy atom. The van der Waals surface area contributed by atoms with E-state index in [0.29, 0.717) is 5.25 Å². The number of fused-ring (bicyclic) bond motifs is 1. The zero-order valence-corrected chi connectivity index (χ0v) is 20.3. The topological polar surface area (TPSA) is 53.7 Å². The molecular formula is C28H31N4OS+. The molecule has 1 N–H and O–H groups in total. The number of rotatable bonds is 7. The summed E-state index contributed by atoms with van der Waals surface area (Å²) in [7, 11) is 0. The van der Waals surface area contributed by atoms with E-state index in [1.165, 1.54) is 37.9 Å². The van der Waals surface area contributed by atoms with Crippen LogP contribution in [0.15, 0.2) is 72.0 Å². The first-order valence-corrected chi connectivity index (χ1v) is 13.7. The van der Waals surface area contributed by atoms with Gasteiger partial charge in [0.05, 0.1) is 6.20 Å². The first kappa shape index (κ1) is 21.8. The number of likely N-dealkylation sites (tertiary alicyclic amines) is 1. The van der Waals surface area contributed by atoms with E-state index in [2.05, 4.69) is 52.6 Å². The highest BCUT2D eigenvalue weighted by Crippen LogP contribution is 2.35. The third-order valence-corrected chi connectivity index (χ3v) is 8.88. The molecule has 1 saturated heterocycles. The minimum absolute atomic E-state index is 0.441. The van der Waals surface area contributed by atoms with Gasteiger partial charge >= 0.3 is 0 Å². The third-order valence-electron chi connectivity index (χ3n) is 7.04. The average molecular weight is 472 g/mol. The zero-order valence-electron chi connectivity index (χ0n) is 19.4. The summed E-state index contributed by atoms with van der Waals surface area (Å²) < 4.78 is 12.4. The second kappa shape index (κ2) is 9.53. The van der Waals surface area contributed by atoms with Crippen LogP contribution in [0.1, 0.15) is 37.7 Å². The summed E-state index contributed by atoms with van der Waals surface area (Å²) in [5.74, 6) is 0. The lowest BCUT2D eigenvalue weighted by Gasteiger charge is -2.26. The fourth-order valence-electron chi connectivity index (χ4n) is 4.84. The molecule has 2 aromatic carbocycles. The van der Waals surface area contributed by atoms with Crippen LogP contribution in [0.25, 0.3) is 27.9 Å². The molecule has 2 aromatic heterocycles. The first-order chi connectivity index (χ1) is 16.7. The van der Waals surface area contributed by atoms with E-state index >= 15 is 0 Å². The minimum Gasteiger partial charge on any atom is -0.303 e. The van der Waals surface area contributed by atoms with Gasteiger partial charge in [-0.15, -0.1) is 0 Å². The van der Waals surface area contributed by atoms with Gasteiger partial charge in [-0.3, -0.25) is 0 Å². The number of piperidine rings is 1. The van der Waals surface area contributed by atoms with Gasteiger partial charge in [0.15, 0.2) is 27.0 Å². The summed E-state index contributed by atoms with van der Waals surface area (Å²) in [6.07, 6.45) is 13.3. The lowest BCUT2D eigenvalue weighted by atomic mass is 10.0. The Kier molecular flexibility index (Phi) is 6.12. The fourth-order valence-corrected chi connectivity index (χ4v) is 6.27. The Hall–Kier alpha value is -2.67. The number of aromatic nitrogens is 3. The van der Waals surface area contributed by atoms with E-state index in [4.69, 9.17) is 4.98 Å². The number of benzene rings is 2. The predicted octanol–water partition coefficient (Wildman–Crippen LogP) is 5.70. The van der Waals surface area contributed by atoms with Gasteiger partial charge in [0.1, 0.15) is 0 Å². The van der Waals surface area contributed by atoms with Gasteiger partial charge in [0, 0.05) is 49.0 Å². The third kappa shape index (κ3) is 4.63. The highest BCUT2D eigenvalue weighted by molar-refractivity contribution is 7.92. The van der Waals surface area contributed by atoms with Gasteiger partial charge in [-0.25, -0.2) is 9.50 Å². The summed E-state index contributed by atoms with van der Waals surface area (Å²) in [4.78, 5) is 8.37. The van der Waals surface area contributed by atoms with E-state index in [0.717, 1.165) is 58.6 Å². The summed E-state index contributed by atoms with van der Waals surface area (Å²) in [5, 5.41) is 5.03. The highest BCUT2D eigenvalue weighted by Gasteiger charge is 2.42. The molecule has 0 spiro atoms. The summed E-state index contributed by atoms with van der Waals surface area (Å²) >= 11 is -0.664. The molecule has 3 heterocycles. The van der Waals surface area contributed by atoms with Crippen LogP contribution in [-0.4, -0.2) is 48.9 Å². The van der Waals surface area contributed by atoms with Crippen molar-refractivity contribution < 1.29 is 4.55 Å². The quantitative estimate of drug-likeness (QED) is 0.351. The summed E-state index contributed by atoms with van der Waals surface area (Å²) in [5.41, 5.74) is 6.49. The maximum Gasteiger partial charge on any atom is 0.190 e. The van der Waals surface area contributed by atoms with Crippen molar-refractivity contribution in [3.05, 3.63) is 72.7 Å². The van der Waals surface area contributed by atoms with Crippen LogP contribution in [0.3, 0.4) is 0 Å². The molecule has 1 saturated carbocycles. The van der Waals surface area contributed by atoms with Gasteiger partial charge in [-0.05, 0) is 55.1 Å². The molecule has 6 heteroatoms. The highest BCUT2D eigenvalue weighted by atomic mass is 32.2. The van der Waals surface area contributed by atoms with Crippen LogP contribution in [0.2, 0.25) is 0 Å². The molecule has 0 bridgehead atoms. The van der Waals surface area contributed by atoms with Gasteiger partial charge < -0.3 is 4.90 Å². The molecular weight excluding hydrogens is 440 g/mol. The molecule has 1 atom stereocenters. The molecule has 34 heavy (non-hydrogen) atoms. The lowest BCUT2D eigenvalue weighted by Crippen LogP contribution is -2.31. The maximum atomic E-state index is 10.6. The molecule has 6 rings (SSSR count). The van der Waals surface area contributed by atoms with Crippen LogP contribution in [0, 0.1) is 0 Å². The van der Waals surface area contributed by atoms with Crippen molar-refractivity contribution in [2.75, 3.05) is 19.6 Å². The SMILES string of the molecule is O[S+](c1cccc(-c2cnn3cc(-c4ccc(CCN5CCCCC5)cc4)cnc23)c1)C1CC1. The normalized spacial score (nSPS) is 17.8. The largest absolute Gasteiger partial charge is 0.303 e. The van der Waals surface area contributed by atoms with Gasteiger partial charge in [-0.2, -0.15) is 9.65 Å². The van der Waals surface area contributed by atoms with Gasteiger partial charge in [0.2, 0.25) is 0 Å². The molecule has 0 radical (unpaired) electrons. The Balaban J connectivity index is 1.19. The zero-order chi connectivity index (χ0) is 22.9. The maximum absolute atomic E-state index is 10.6. The van der Waals surface area contributed by atoms with Crippen LogP contribution < -0.4 is 0 Å². The Morgan fingerprint density at radius 3 is 2.53 bits per heavy atom.